The summed E-state index contributed by atoms with van der Waals surface area (Å²) in [5, 5.41) is 3.36. The smallest absolute Gasteiger partial charge is 0.216 e. The first kappa shape index (κ1) is 15.2. The highest BCUT2D eigenvalue weighted by atomic mass is 32.2. The van der Waals surface area contributed by atoms with Gasteiger partial charge in [-0.3, -0.25) is 0 Å². The summed E-state index contributed by atoms with van der Waals surface area (Å²) in [6.45, 7) is 5.47. The zero-order valence-electron chi connectivity index (χ0n) is 11.8. The van der Waals surface area contributed by atoms with Gasteiger partial charge in [0.25, 0.3) is 0 Å². The van der Waals surface area contributed by atoms with E-state index in [4.69, 9.17) is 4.74 Å². The van der Waals surface area contributed by atoms with Crippen molar-refractivity contribution < 1.29 is 13.2 Å². The van der Waals surface area contributed by atoms with Gasteiger partial charge in [0, 0.05) is 19.2 Å². The molecule has 0 aromatic carbocycles. The zero-order valence-corrected chi connectivity index (χ0v) is 12.6. The van der Waals surface area contributed by atoms with E-state index in [2.05, 4.69) is 5.32 Å². The summed E-state index contributed by atoms with van der Waals surface area (Å²) in [5.74, 6) is 0.591. The highest BCUT2D eigenvalue weighted by Crippen LogP contribution is 2.31. The van der Waals surface area contributed by atoms with Gasteiger partial charge in [0.15, 0.2) is 0 Å². The third-order valence-corrected chi connectivity index (χ3v) is 5.68. The van der Waals surface area contributed by atoms with E-state index in [-0.39, 0.29) is 11.8 Å². The SMILES string of the molecule is CCOCCS(=O)(=O)N(CC1CCCNC1)C1CC1. The Balaban J connectivity index is 1.90. The Morgan fingerprint density at radius 3 is 2.68 bits per heavy atom. The minimum Gasteiger partial charge on any atom is -0.381 e. The molecule has 19 heavy (non-hydrogen) atoms. The fraction of sp³-hybridized carbons (Fsp3) is 1.00. The van der Waals surface area contributed by atoms with E-state index in [9.17, 15) is 8.42 Å². The Labute approximate surface area is 116 Å². The van der Waals surface area contributed by atoms with Crippen molar-refractivity contribution >= 4 is 10.0 Å². The van der Waals surface area contributed by atoms with Crippen molar-refractivity contribution in [1.82, 2.24) is 9.62 Å². The lowest BCUT2D eigenvalue weighted by molar-refractivity contribution is 0.162. The van der Waals surface area contributed by atoms with Crippen molar-refractivity contribution in [2.24, 2.45) is 5.92 Å². The van der Waals surface area contributed by atoms with E-state index in [1.807, 2.05) is 6.92 Å². The van der Waals surface area contributed by atoms with E-state index in [0.29, 0.717) is 25.7 Å². The van der Waals surface area contributed by atoms with Crippen LogP contribution in [-0.2, 0) is 14.8 Å². The summed E-state index contributed by atoms with van der Waals surface area (Å²) in [4.78, 5) is 0. The van der Waals surface area contributed by atoms with Crippen molar-refractivity contribution in [3.63, 3.8) is 0 Å². The van der Waals surface area contributed by atoms with Crippen LogP contribution in [0.2, 0.25) is 0 Å². The van der Waals surface area contributed by atoms with Crippen molar-refractivity contribution in [1.29, 1.82) is 0 Å². The number of sulfonamides is 1. The molecule has 2 aliphatic rings. The Morgan fingerprint density at radius 2 is 2.11 bits per heavy atom. The molecule has 5 nitrogen and oxygen atoms in total. The molecule has 1 N–H and O–H groups in total. The molecule has 0 radical (unpaired) electrons. The third-order valence-electron chi connectivity index (χ3n) is 3.84. The van der Waals surface area contributed by atoms with Crippen molar-refractivity contribution in [2.45, 2.75) is 38.6 Å². The van der Waals surface area contributed by atoms with Gasteiger partial charge in [0.1, 0.15) is 0 Å². The summed E-state index contributed by atoms with van der Waals surface area (Å²) >= 11 is 0. The second-order valence-corrected chi connectivity index (χ2v) is 7.57. The molecule has 1 saturated carbocycles. The van der Waals surface area contributed by atoms with Gasteiger partial charge < -0.3 is 10.1 Å². The number of rotatable bonds is 8. The predicted molar refractivity (Wildman–Crippen MR) is 75.6 cm³/mol. The van der Waals surface area contributed by atoms with Crippen LogP contribution < -0.4 is 5.32 Å². The normalized spacial score (nSPS) is 24.8. The Bertz CT molecular complexity index is 362. The molecular weight excluding hydrogens is 264 g/mol. The molecule has 1 heterocycles. The highest BCUT2D eigenvalue weighted by molar-refractivity contribution is 7.89. The predicted octanol–water partition coefficient (Wildman–Crippen LogP) is 0.817. The van der Waals surface area contributed by atoms with Crippen molar-refractivity contribution in [3.05, 3.63) is 0 Å². The quantitative estimate of drug-likeness (QED) is 0.672. The molecule has 0 bridgehead atoms. The molecule has 2 fully saturated rings. The van der Waals surface area contributed by atoms with Gasteiger partial charge in [-0.25, -0.2) is 8.42 Å². The fourth-order valence-electron chi connectivity index (χ4n) is 2.61. The van der Waals surface area contributed by atoms with Crippen LogP contribution in [0.3, 0.4) is 0 Å². The number of nitrogens with one attached hydrogen (secondary N) is 1. The highest BCUT2D eigenvalue weighted by Gasteiger charge is 2.38. The first-order chi connectivity index (χ1) is 9.13. The number of hydrogen-bond donors (Lipinski definition) is 1. The molecule has 1 saturated heterocycles. The zero-order chi connectivity index (χ0) is 13.7. The maximum absolute atomic E-state index is 12.4. The molecule has 6 heteroatoms. The summed E-state index contributed by atoms with van der Waals surface area (Å²) in [6, 6.07) is 0.258. The average Bonchev–Trinajstić information content (AvgIpc) is 3.21. The Kier molecular flexibility index (Phi) is 5.62. The molecule has 0 amide bonds. The minimum atomic E-state index is -3.15. The monoisotopic (exact) mass is 290 g/mol. The fourth-order valence-corrected chi connectivity index (χ4v) is 4.28. The van der Waals surface area contributed by atoms with E-state index in [0.717, 1.165) is 38.8 Å². The van der Waals surface area contributed by atoms with Crippen LogP contribution in [0, 0.1) is 5.92 Å². The van der Waals surface area contributed by atoms with E-state index < -0.39 is 10.0 Å². The van der Waals surface area contributed by atoms with Gasteiger partial charge in [-0.05, 0) is 51.6 Å². The Hall–Kier alpha value is -0.170. The first-order valence-electron chi connectivity index (χ1n) is 7.41. The van der Waals surface area contributed by atoms with Crippen LogP contribution in [0.15, 0.2) is 0 Å². The largest absolute Gasteiger partial charge is 0.381 e. The first-order valence-corrected chi connectivity index (χ1v) is 9.02. The van der Waals surface area contributed by atoms with Gasteiger partial charge >= 0.3 is 0 Å². The van der Waals surface area contributed by atoms with Crippen LogP contribution in [0.5, 0.6) is 0 Å². The summed E-state index contributed by atoms with van der Waals surface area (Å²) in [6.07, 6.45) is 4.33. The summed E-state index contributed by atoms with van der Waals surface area (Å²) in [5.41, 5.74) is 0. The number of nitrogens with zero attached hydrogens (tertiary/aromatic N) is 1. The summed E-state index contributed by atoms with van der Waals surface area (Å²) < 4.78 is 31.7. The molecule has 0 spiro atoms. The van der Waals surface area contributed by atoms with Gasteiger partial charge in [-0.1, -0.05) is 0 Å². The van der Waals surface area contributed by atoms with Crippen LogP contribution in [0.25, 0.3) is 0 Å². The lowest BCUT2D eigenvalue weighted by Crippen LogP contribution is -2.43. The average molecular weight is 290 g/mol. The molecule has 0 aromatic rings. The lowest BCUT2D eigenvalue weighted by atomic mass is 10.00. The maximum Gasteiger partial charge on any atom is 0.216 e. The molecule has 1 aliphatic carbocycles. The second-order valence-electron chi connectivity index (χ2n) is 5.53. The Morgan fingerprint density at radius 1 is 1.32 bits per heavy atom. The van der Waals surface area contributed by atoms with Crippen LogP contribution in [0.4, 0.5) is 0 Å². The molecule has 1 atom stereocenters. The molecule has 1 aliphatic heterocycles. The molecule has 1 unspecified atom stereocenters. The number of piperidine rings is 1. The van der Waals surface area contributed by atoms with Gasteiger partial charge in [-0.2, -0.15) is 4.31 Å². The topological polar surface area (TPSA) is 58.6 Å². The van der Waals surface area contributed by atoms with Crippen LogP contribution in [-0.4, -0.2) is 57.4 Å². The maximum atomic E-state index is 12.4. The van der Waals surface area contributed by atoms with E-state index >= 15 is 0 Å². The number of hydrogen-bond acceptors (Lipinski definition) is 4. The number of ether oxygens (including phenoxy) is 1. The lowest BCUT2D eigenvalue weighted by Gasteiger charge is -2.29. The van der Waals surface area contributed by atoms with Crippen molar-refractivity contribution in [2.75, 3.05) is 38.6 Å². The molecule has 2 rings (SSSR count). The van der Waals surface area contributed by atoms with Crippen LogP contribution in [0.1, 0.15) is 32.6 Å². The van der Waals surface area contributed by atoms with Crippen molar-refractivity contribution in [3.8, 4) is 0 Å². The van der Waals surface area contributed by atoms with Gasteiger partial charge in [0.2, 0.25) is 10.0 Å². The molecule has 112 valence electrons. The van der Waals surface area contributed by atoms with Gasteiger partial charge in [0.05, 0.1) is 12.4 Å². The van der Waals surface area contributed by atoms with Gasteiger partial charge in [-0.15, -0.1) is 0 Å². The van der Waals surface area contributed by atoms with Crippen LogP contribution >= 0.6 is 0 Å². The molecule has 0 aromatic heterocycles. The second kappa shape index (κ2) is 7.02. The molecular formula is C13H26N2O3S. The minimum absolute atomic E-state index is 0.123. The van der Waals surface area contributed by atoms with E-state index in [1.54, 1.807) is 4.31 Å². The van der Waals surface area contributed by atoms with E-state index in [1.165, 1.54) is 0 Å². The standard InChI is InChI=1S/C13H26N2O3S/c1-2-18-8-9-19(16,17)15(13-5-6-13)11-12-4-3-7-14-10-12/h12-14H,2-11H2,1H3. The third kappa shape index (κ3) is 4.70. The summed E-state index contributed by atoms with van der Waals surface area (Å²) in [7, 11) is -3.15.